The molecular formula is C22H33N3O6S. The molecule has 0 unspecified atom stereocenters. The van der Waals surface area contributed by atoms with Gasteiger partial charge in [0.15, 0.2) is 29.0 Å². The first kappa shape index (κ1) is 25.9. The zero-order valence-corrected chi connectivity index (χ0v) is 20.3. The van der Waals surface area contributed by atoms with Crippen LogP contribution in [0.25, 0.3) is 0 Å². The summed E-state index contributed by atoms with van der Waals surface area (Å²) in [5.41, 5.74) is -1.36. The zero-order chi connectivity index (χ0) is 23.8. The van der Waals surface area contributed by atoms with E-state index in [9.17, 15) is 14.4 Å². The number of ether oxygens (including phenoxy) is 3. The molecule has 1 fully saturated rings. The summed E-state index contributed by atoms with van der Waals surface area (Å²) in [7, 11) is 0. The summed E-state index contributed by atoms with van der Waals surface area (Å²) in [4.78, 5) is 46.4. The lowest BCUT2D eigenvalue weighted by Gasteiger charge is -2.36. The van der Waals surface area contributed by atoms with Crippen molar-refractivity contribution in [1.82, 2.24) is 15.3 Å². The largest absolute Gasteiger partial charge is 0.478 e. The van der Waals surface area contributed by atoms with E-state index in [1.54, 1.807) is 27.7 Å². The Hall–Kier alpha value is -2.36. The molecule has 1 N–H and O–H groups in total. The molecule has 0 bridgehead atoms. The van der Waals surface area contributed by atoms with Crippen molar-refractivity contribution in [3.05, 3.63) is 11.9 Å². The van der Waals surface area contributed by atoms with E-state index in [2.05, 4.69) is 15.3 Å². The van der Waals surface area contributed by atoms with Gasteiger partial charge in [-0.15, -0.1) is 0 Å². The molecule has 1 aliphatic rings. The van der Waals surface area contributed by atoms with Crippen molar-refractivity contribution in [2.45, 2.75) is 70.6 Å². The Balaban J connectivity index is 2.29. The molecule has 0 aliphatic heterocycles. The summed E-state index contributed by atoms with van der Waals surface area (Å²) in [6.45, 7) is 7.07. The van der Waals surface area contributed by atoms with Gasteiger partial charge in [0.1, 0.15) is 5.60 Å². The number of carbonyl (C=O) groups excluding carboxylic acids is 3. The van der Waals surface area contributed by atoms with Crippen LogP contribution in [0.1, 0.15) is 70.3 Å². The fourth-order valence-electron chi connectivity index (χ4n) is 3.58. The van der Waals surface area contributed by atoms with E-state index in [4.69, 9.17) is 14.2 Å². The van der Waals surface area contributed by atoms with E-state index in [0.717, 1.165) is 19.3 Å². The summed E-state index contributed by atoms with van der Waals surface area (Å²) in [5.74, 6) is -0.647. The maximum atomic E-state index is 13.8. The lowest BCUT2D eigenvalue weighted by molar-refractivity contribution is -0.145. The minimum Gasteiger partial charge on any atom is -0.478 e. The van der Waals surface area contributed by atoms with E-state index in [1.165, 1.54) is 18.0 Å². The van der Waals surface area contributed by atoms with Crippen molar-refractivity contribution in [3.8, 4) is 5.75 Å². The van der Waals surface area contributed by atoms with Crippen molar-refractivity contribution in [3.63, 3.8) is 0 Å². The number of esters is 1. The van der Waals surface area contributed by atoms with Crippen LogP contribution in [0.5, 0.6) is 5.75 Å². The second-order valence-corrected chi connectivity index (χ2v) is 9.46. The van der Waals surface area contributed by atoms with Crippen LogP contribution in [0.3, 0.4) is 0 Å². The molecule has 1 aromatic heterocycles. The third kappa shape index (κ3) is 7.36. The molecule has 0 aromatic carbocycles. The van der Waals surface area contributed by atoms with Crippen LogP contribution in [0.4, 0.5) is 4.79 Å². The lowest BCUT2D eigenvalue weighted by atomic mass is 9.70. The lowest BCUT2D eigenvalue weighted by Crippen LogP contribution is -2.46. The number of ketones is 1. The van der Waals surface area contributed by atoms with Crippen LogP contribution < -0.4 is 10.1 Å². The summed E-state index contributed by atoms with van der Waals surface area (Å²) in [6, 6.07) is 0. The van der Waals surface area contributed by atoms with Crippen LogP contribution in [0, 0.1) is 5.41 Å². The fraction of sp³-hybridized carbons (Fsp3) is 0.682. The molecule has 2 rings (SSSR count). The van der Waals surface area contributed by atoms with Crippen molar-refractivity contribution >= 4 is 29.6 Å². The number of alkyl carbamates (subject to hydrolysis) is 1. The maximum Gasteiger partial charge on any atom is 0.407 e. The molecule has 0 atom stereocenters. The van der Waals surface area contributed by atoms with Gasteiger partial charge < -0.3 is 19.5 Å². The highest BCUT2D eigenvalue weighted by molar-refractivity contribution is 7.98. The van der Waals surface area contributed by atoms with Gasteiger partial charge in [-0.2, -0.15) is 0 Å². The van der Waals surface area contributed by atoms with Gasteiger partial charge in [-0.05, 0) is 46.8 Å². The summed E-state index contributed by atoms with van der Waals surface area (Å²) in [5, 5.41) is 3.19. The van der Waals surface area contributed by atoms with Crippen LogP contribution in [0.15, 0.2) is 11.4 Å². The minimum atomic E-state index is -0.832. The first-order valence-electron chi connectivity index (χ1n) is 10.8. The predicted molar refractivity (Wildman–Crippen MR) is 120 cm³/mol. The van der Waals surface area contributed by atoms with Gasteiger partial charge in [-0.3, -0.25) is 4.79 Å². The summed E-state index contributed by atoms with van der Waals surface area (Å²) >= 11 is 1.30. The molecule has 0 saturated heterocycles. The van der Waals surface area contributed by atoms with Gasteiger partial charge in [0.25, 0.3) is 0 Å². The Morgan fingerprint density at radius 1 is 1.19 bits per heavy atom. The number of carbonyl (C=O) groups is 3. The molecule has 0 radical (unpaired) electrons. The molecule has 32 heavy (non-hydrogen) atoms. The Kier molecular flexibility index (Phi) is 9.30. The van der Waals surface area contributed by atoms with E-state index < -0.39 is 23.1 Å². The number of hydrogen-bond donors (Lipinski definition) is 1. The highest BCUT2D eigenvalue weighted by Crippen LogP contribution is 2.40. The number of nitrogens with one attached hydrogen (secondary N) is 1. The van der Waals surface area contributed by atoms with Crippen LogP contribution >= 0.6 is 11.8 Å². The summed E-state index contributed by atoms with van der Waals surface area (Å²) in [6.07, 6.45) is 6.61. The first-order valence-corrected chi connectivity index (χ1v) is 12.0. The maximum absolute atomic E-state index is 13.8. The van der Waals surface area contributed by atoms with E-state index in [-0.39, 0.29) is 37.0 Å². The smallest absolute Gasteiger partial charge is 0.407 e. The van der Waals surface area contributed by atoms with E-state index in [1.807, 2.05) is 6.26 Å². The van der Waals surface area contributed by atoms with Gasteiger partial charge in [0.2, 0.25) is 0 Å². The van der Waals surface area contributed by atoms with Crippen LogP contribution in [0.2, 0.25) is 0 Å². The molecule has 0 spiro atoms. The van der Waals surface area contributed by atoms with Crippen LogP contribution in [-0.4, -0.2) is 59.4 Å². The highest BCUT2D eigenvalue weighted by Gasteiger charge is 2.42. The molecule has 1 aliphatic carbocycles. The minimum absolute atomic E-state index is 0.113. The molecule has 1 amide bonds. The van der Waals surface area contributed by atoms with E-state index >= 15 is 0 Å². The molecule has 178 valence electrons. The van der Waals surface area contributed by atoms with Gasteiger partial charge in [0, 0.05) is 6.54 Å². The normalized spacial score (nSPS) is 15.5. The monoisotopic (exact) mass is 467 g/mol. The molecular weight excluding hydrogens is 434 g/mol. The first-order chi connectivity index (χ1) is 15.1. The predicted octanol–water partition coefficient (Wildman–Crippen LogP) is 3.80. The molecule has 1 aromatic rings. The van der Waals surface area contributed by atoms with Gasteiger partial charge >= 0.3 is 12.1 Å². The average molecular weight is 468 g/mol. The second-order valence-electron chi connectivity index (χ2n) is 8.69. The molecule has 10 heteroatoms. The van der Waals surface area contributed by atoms with E-state index in [0.29, 0.717) is 18.0 Å². The SMILES string of the molecule is CCOC(=O)COc1cnc(SC)nc1C(=O)C1(CNC(=O)OC(C)(C)C)CCCCC1. The van der Waals surface area contributed by atoms with Crippen LogP contribution in [-0.2, 0) is 14.3 Å². The Morgan fingerprint density at radius 2 is 1.88 bits per heavy atom. The Morgan fingerprint density at radius 3 is 2.47 bits per heavy atom. The quantitative estimate of drug-likeness (QED) is 0.250. The molecule has 1 heterocycles. The van der Waals surface area contributed by atoms with Crippen molar-refractivity contribution < 1.29 is 28.6 Å². The second kappa shape index (κ2) is 11.5. The standard InChI is InChI=1S/C22H33N3O6S/c1-6-29-16(26)13-30-15-12-23-19(32-5)25-17(15)18(27)22(10-8-7-9-11-22)14-24-20(28)31-21(2,3)4/h12H,6-11,13-14H2,1-5H3,(H,24,28). The van der Waals surface area contributed by atoms with Crippen molar-refractivity contribution in [2.24, 2.45) is 5.41 Å². The van der Waals surface area contributed by atoms with Gasteiger partial charge in [0.05, 0.1) is 18.2 Å². The number of Topliss-reactive ketones (excluding diaryl/α,β-unsaturated/α-hetero) is 1. The number of aromatic nitrogens is 2. The number of nitrogens with zero attached hydrogens (tertiary/aromatic N) is 2. The third-order valence-electron chi connectivity index (χ3n) is 5.04. The number of thioether (sulfide) groups is 1. The topological polar surface area (TPSA) is 117 Å². The number of hydrogen-bond acceptors (Lipinski definition) is 9. The Bertz CT molecular complexity index is 818. The zero-order valence-electron chi connectivity index (χ0n) is 19.5. The van der Waals surface area contributed by atoms with Gasteiger partial charge in [-0.1, -0.05) is 31.0 Å². The molecule has 1 saturated carbocycles. The molecule has 9 nitrogen and oxygen atoms in total. The number of rotatable bonds is 9. The Labute approximate surface area is 193 Å². The van der Waals surface area contributed by atoms with Crippen molar-refractivity contribution in [2.75, 3.05) is 26.0 Å². The fourth-order valence-corrected chi connectivity index (χ4v) is 3.92. The van der Waals surface area contributed by atoms with Crippen molar-refractivity contribution in [1.29, 1.82) is 0 Å². The highest BCUT2D eigenvalue weighted by atomic mass is 32.2. The summed E-state index contributed by atoms with van der Waals surface area (Å²) < 4.78 is 15.8. The average Bonchev–Trinajstić information content (AvgIpc) is 2.75. The third-order valence-corrected chi connectivity index (χ3v) is 5.61. The van der Waals surface area contributed by atoms with Gasteiger partial charge in [-0.25, -0.2) is 19.6 Å². The number of amides is 1.